The molecule has 0 saturated carbocycles. The number of hydrogen-bond acceptors (Lipinski definition) is 4. The maximum atomic E-state index is 11.3. The van der Waals surface area contributed by atoms with Gasteiger partial charge in [-0.15, -0.1) is 0 Å². The normalized spacial score (nSPS) is 9.56. The third-order valence-corrected chi connectivity index (χ3v) is 1.83. The standard InChI is InChI=1S/C11H10O5/c1-2-16-11(15)8-5-3-4-7(6-8)9(12)10(13)14/h3-6H,2H2,1H3,(H,13,14). The highest BCUT2D eigenvalue weighted by Crippen LogP contribution is 2.07. The van der Waals surface area contributed by atoms with Crippen LogP contribution in [0.25, 0.3) is 0 Å². The monoisotopic (exact) mass is 222 g/mol. The summed E-state index contributed by atoms with van der Waals surface area (Å²) in [6.45, 7) is 1.88. The molecule has 0 spiro atoms. The number of carbonyl (C=O) groups is 3. The summed E-state index contributed by atoms with van der Waals surface area (Å²) in [6.07, 6.45) is 0. The zero-order valence-electron chi connectivity index (χ0n) is 8.60. The zero-order chi connectivity index (χ0) is 12.1. The lowest BCUT2D eigenvalue weighted by Gasteiger charge is -2.02. The molecule has 1 aromatic carbocycles. The highest BCUT2D eigenvalue weighted by atomic mass is 16.5. The van der Waals surface area contributed by atoms with Crippen molar-refractivity contribution in [3.8, 4) is 0 Å². The molecule has 0 aromatic heterocycles. The highest BCUT2D eigenvalue weighted by Gasteiger charge is 2.16. The van der Waals surface area contributed by atoms with E-state index in [2.05, 4.69) is 0 Å². The van der Waals surface area contributed by atoms with Crippen LogP contribution in [0.1, 0.15) is 27.6 Å². The maximum Gasteiger partial charge on any atom is 0.377 e. The molecule has 1 N–H and O–H groups in total. The largest absolute Gasteiger partial charge is 0.475 e. The number of ether oxygens (including phenoxy) is 1. The fourth-order valence-electron chi connectivity index (χ4n) is 1.13. The van der Waals surface area contributed by atoms with Crippen molar-refractivity contribution >= 4 is 17.7 Å². The van der Waals surface area contributed by atoms with Gasteiger partial charge in [0.05, 0.1) is 12.2 Å². The van der Waals surface area contributed by atoms with Crippen LogP contribution in [-0.4, -0.2) is 29.4 Å². The average Bonchev–Trinajstić information content (AvgIpc) is 2.28. The van der Waals surface area contributed by atoms with E-state index in [-0.39, 0.29) is 17.7 Å². The van der Waals surface area contributed by atoms with Gasteiger partial charge in [-0.1, -0.05) is 12.1 Å². The van der Waals surface area contributed by atoms with E-state index in [4.69, 9.17) is 9.84 Å². The second kappa shape index (κ2) is 5.06. The molecule has 1 rings (SSSR count). The first-order valence-corrected chi connectivity index (χ1v) is 4.61. The maximum absolute atomic E-state index is 11.3. The Morgan fingerprint density at radius 3 is 2.44 bits per heavy atom. The first-order chi connectivity index (χ1) is 7.56. The summed E-state index contributed by atoms with van der Waals surface area (Å²) >= 11 is 0. The summed E-state index contributed by atoms with van der Waals surface area (Å²) in [5, 5.41) is 8.50. The summed E-state index contributed by atoms with van der Waals surface area (Å²) in [4.78, 5) is 32.9. The Kier molecular flexibility index (Phi) is 3.77. The predicted molar refractivity (Wildman–Crippen MR) is 54.4 cm³/mol. The molecular weight excluding hydrogens is 212 g/mol. The number of carboxylic acids is 1. The van der Waals surface area contributed by atoms with Crippen LogP contribution in [-0.2, 0) is 9.53 Å². The molecule has 0 unspecified atom stereocenters. The minimum Gasteiger partial charge on any atom is -0.475 e. The fraction of sp³-hybridized carbons (Fsp3) is 0.182. The van der Waals surface area contributed by atoms with Crippen LogP contribution in [0.3, 0.4) is 0 Å². The van der Waals surface area contributed by atoms with Gasteiger partial charge in [0.25, 0.3) is 5.78 Å². The number of aliphatic carboxylic acids is 1. The van der Waals surface area contributed by atoms with Gasteiger partial charge in [0, 0.05) is 5.56 Å². The van der Waals surface area contributed by atoms with Crippen molar-refractivity contribution in [2.24, 2.45) is 0 Å². The van der Waals surface area contributed by atoms with Gasteiger partial charge in [-0.25, -0.2) is 9.59 Å². The number of Topliss-reactive ketones (excluding diaryl/α,β-unsaturated/α-hetero) is 1. The molecule has 0 fully saturated rings. The van der Waals surface area contributed by atoms with E-state index >= 15 is 0 Å². The van der Waals surface area contributed by atoms with Gasteiger partial charge in [-0.3, -0.25) is 4.79 Å². The van der Waals surface area contributed by atoms with Crippen molar-refractivity contribution in [2.45, 2.75) is 6.92 Å². The molecule has 0 heterocycles. The van der Waals surface area contributed by atoms with Crippen molar-refractivity contribution in [2.75, 3.05) is 6.61 Å². The lowest BCUT2D eigenvalue weighted by atomic mass is 10.1. The van der Waals surface area contributed by atoms with Crippen LogP contribution >= 0.6 is 0 Å². The van der Waals surface area contributed by atoms with E-state index in [0.29, 0.717) is 0 Å². The van der Waals surface area contributed by atoms with Crippen LogP contribution in [0.15, 0.2) is 24.3 Å². The highest BCUT2D eigenvalue weighted by molar-refractivity contribution is 6.39. The SMILES string of the molecule is CCOC(=O)c1cccc(C(=O)C(=O)O)c1. The number of benzene rings is 1. The van der Waals surface area contributed by atoms with Crippen molar-refractivity contribution in [3.63, 3.8) is 0 Å². The van der Waals surface area contributed by atoms with Crippen molar-refractivity contribution in [1.29, 1.82) is 0 Å². The molecule has 0 aliphatic rings. The Labute approximate surface area is 91.6 Å². The molecule has 0 aliphatic heterocycles. The van der Waals surface area contributed by atoms with E-state index in [1.165, 1.54) is 24.3 Å². The second-order valence-electron chi connectivity index (χ2n) is 2.94. The Morgan fingerprint density at radius 1 is 1.25 bits per heavy atom. The molecular formula is C11H10O5. The Bertz CT molecular complexity index is 436. The van der Waals surface area contributed by atoms with Gasteiger partial charge in [0.2, 0.25) is 0 Å². The summed E-state index contributed by atoms with van der Waals surface area (Å²) < 4.78 is 4.73. The molecule has 0 atom stereocenters. The van der Waals surface area contributed by atoms with Crippen LogP contribution < -0.4 is 0 Å². The molecule has 0 saturated heterocycles. The van der Waals surface area contributed by atoms with Crippen LogP contribution in [0, 0.1) is 0 Å². The predicted octanol–water partition coefficient (Wildman–Crippen LogP) is 1.13. The molecule has 1 aromatic rings. The second-order valence-corrected chi connectivity index (χ2v) is 2.94. The van der Waals surface area contributed by atoms with Crippen molar-refractivity contribution < 1.29 is 24.2 Å². The minimum absolute atomic E-state index is 0.0435. The number of rotatable bonds is 4. The van der Waals surface area contributed by atoms with Crippen LogP contribution in [0.5, 0.6) is 0 Å². The van der Waals surface area contributed by atoms with E-state index < -0.39 is 17.7 Å². The smallest absolute Gasteiger partial charge is 0.377 e. The molecule has 0 radical (unpaired) electrons. The average molecular weight is 222 g/mol. The summed E-state index contributed by atoms with van der Waals surface area (Å²) in [5.41, 5.74) is 0.118. The number of esters is 1. The first kappa shape index (κ1) is 11.9. The Balaban J connectivity index is 2.99. The fourth-order valence-corrected chi connectivity index (χ4v) is 1.13. The number of hydrogen-bond donors (Lipinski definition) is 1. The minimum atomic E-state index is -1.55. The third kappa shape index (κ3) is 2.66. The first-order valence-electron chi connectivity index (χ1n) is 4.61. The van der Waals surface area contributed by atoms with Gasteiger partial charge in [-0.05, 0) is 19.1 Å². The summed E-state index contributed by atoms with van der Waals surface area (Å²) in [6, 6.07) is 5.42. The van der Waals surface area contributed by atoms with E-state index in [0.717, 1.165) is 0 Å². The molecule has 0 bridgehead atoms. The lowest BCUT2D eigenvalue weighted by molar-refractivity contribution is -0.131. The van der Waals surface area contributed by atoms with Gasteiger partial charge < -0.3 is 9.84 Å². The molecule has 5 heteroatoms. The zero-order valence-corrected chi connectivity index (χ0v) is 8.60. The van der Waals surface area contributed by atoms with Gasteiger partial charge in [0.1, 0.15) is 0 Å². The molecule has 0 aliphatic carbocycles. The number of carboxylic acid groups (broad SMARTS) is 1. The summed E-state index contributed by atoms with van der Waals surface area (Å²) in [5.74, 6) is -3.19. The van der Waals surface area contributed by atoms with Gasteiger partial charge in [0.15, 0.2) is 0 Å². The Morgan fingerprint density at radius 2 is 1.88 bits per heavy atom. The molecule has 0 amide bonds. The van der Waals surface area contributed by atoms with Crippen LogP contribution in [0.2, 0.25) is 0 Å². The van der Waals surface area contributed by atoms with Crippen molar-refractivity contribution in [3.05, 3.63) is 35.4 Å². The van der Waals surface area contributed by atoms with Crippen molar-refractivity contribution in [1.82, 2.24) is 0 Å². The molecule has 84 valence electrons. The van der Waals surface area contributed by atoms with Crippen LogP contribution in [0.4, 0.5) is 0 Å². The van der Waals surface area contributed by atoms with E-state index in [9.17, 15) is 14.4 Å². The number of ketones is 1. The molecule has 5 nitrogen and oxygen atoms in total. The van der Waals surface area contributed by atoms with E-state index in [1.54, 1.807) is 6.92 Å². The molecule has 16 heavy (non-hydrogen) atoms. The Hall–Kier alpha value is -2.17. The summed E-state index contributed by atoms with van der Waals surface area (Å²) in [7, 11) is 0. The van der Waals surface area contributed by atoms with E-state index in [1.807, 2.05) is 0 Å². The quantitative estimate of drug-likeness (QED) is 0.469. The third-order valence-electron chi connectivity index (χ3n) is 1.83. The van der Waals surface area contributed by atoms with Gasteiger partial charge >= 0.3 is 11.9 Å². The lowest BCUT2D eigenvalue weighted by Crippen LogP contribution is -2.14. The topological polar surface area (TPSA) is 80.7 Å². The number of carbonyl (C=O) groups excluding carboxylic acids is 2. The van der Waals surface area contributed by atoms with Gasteiger partial charge in [-0.2, -0.15) is 0 Å².